The number of nitrogens with zero attached hydrogens (tertiary/aromatic N) is 2. The Kier molecular flexibility index (Phi) is 7.00. The van der Waals surface area contributed by atoms with E-state index in [-0.39, 0.29) is 52.6 Å². The Morgan fingerprint density at radius 1 is 1.14 bits per heavy atom. The van der Waals surface area contributed by atoms with Gasteiger partial charge in [-0.3, -0.25) is 28.7 Å². The molecule has 0 atom stereocenters. The molecule has 5 N–H and O–H groups in total. The minimum Gasteiger partial charge on any atom is -0.370 e. The third-order valence-corrected chi connectivity index (χ3v) is 5.83. The number of benzene rings is 1. The molecule has 0 unspecified atom stereocenters. The largest absolute Gasteiger partial charge is 0.370 e. The zero-order valence-corrected chi connectivity index (χ0v) is 20.1. The lowest BCUT2D eigenvalue weighted by molar-refractivity contribution is -0.117. The van der Waals surface area contributed by atoms with E-state index in [4.69, 9.17) is 5.73 Å². The second kappa shape index (κ2) is 10.1. The van der Waals surface area contributed by atoms with Gasteiger partial charge in [0.05, 0.1) is 22.2 Å². The van der Waals surface area contributed by atoms with Gasteiger partial charge in [0, 0.05) is 31.1 Å². The number of carbonyl (C=O) groups excluding carboxylic acids is 3. The minimum atomic E-state index is -0.701. The molecule has 1 aliphatic rings. The Morgan fingerprint density at radius 2 is 1.86 bits per heavy atom. The minimum absolute atomic E-state index is 0.0144. The fourth-order valence-corrected chi connectivity index (χ4v) is 3.97. The predicted molar refractivity (Wildman–Crippen MR) is 134 cm³/mol. The summed E-state index contributed by atoms with van der Waals surface area (Å²) in [4.78, 5) is 69.5. The maximum atomic E-state index is 13.5. The molecule has 4 rings (SSSR count). The van der Waals surface area contributed by atoms with Crippen LogP contribution in [0.2, 0.25) is 0 Å². The number of amides is 3. The van der Waals surface area contributed by atoms with Gasteiger partial charge in [0.2, 0.25) is 5.91 Å². The van der Waals surface area contributed by atoms with Crippen molar-refractivity contribution in [2.75, 3.05) is 11.9 Å². The Labute approximate surface area is 206 Å². The summed E-state index contributed by atoms with van der Waals surface area (Å²) in [6.07, 6.45) is 1.80. The van der Waals surface area contributed by atoms with Gasteiger partial charge in [-0.25, -0.2) is 9.78 Å². The number of aromatic amines is 1. The maximum absolute atomic E-state index is 13.5. The predicted octanol–water partition coefficient (Wildman–Crippen LogP) is 1.48. The number of nitrogens with two attached hydrogens (primary N) is 1. The van der Waals surface area contributed by atoms with E-state index < -0.39 is 29.0 Å². The summed E-state index contributed by atoms with van der Waals surface area (Å²) in [7, 11) is 0. The summed E-state index contributed by atoms with van der Waals surface area (Å²) in [6, 6.07) is 7.97. The number of anilines is 1. The molecule has 3 aromatic rings. The lowest BCUT2D eigenvalue weighted by Gasteiger charge is -2.15. The molecule has 11 nitrogen and oxygen atoms in total. The van der Waals surface area contributed by atoms with Crippen molar-refractivity contribution < 1.29 is 14.4 Å². The fourth-order valence-electron chi connectivity index (χ4n) is 3.97. The lowest BCUT2D eigenvalue weighted by Crippen LogP contribution is -2.33. The van der Waals surface area contributed by atoms with Crippen LogP contribution in [-0.2, 0) is 11.3 Å². The number of para-hydroxylation sites is 1. The normalized spacial score (nSPS) is 13.1. The average molecular weight is 493 g/mol. The number of hydrogen-bond donors (Lipinski definition) is 4. The van der Waals surface area contributed by atoms with Crippen molar-refractivity contribution in [3.05, 3.63) is 68.0 Å². The van der Waals surface area contributed by atoms with Gasteiger partial charge >= 0.3 is 5.69 Å². The smallest absolute Gasteiger partial charge is 0.330 e. The van der Waals surface area contributed by atoms with Crippen molar-refractivity contribution in [3.8, 4) is 0 Å². The third kappa shape index (κ3) is 5.35. The standard InChI is InChI=1S/C25H28N6O5/c1-13(2)12-31-21-20(24(35)30-25(31)36)16(11-18(28-21)14-7-8-14)23(34)29-17-6-4-3-5-15(17)22(33)27-10-9-19(26)32/h3-6,11,13-14H,7-10,12H2,1-2H3,(H2,26,32)(H,27,33)(H,29,34)(H,30,35,36). The van der Waals surface area contributed by atoms with Crippen LogP contribution in [0.4, 0.5) is 5.69 Å². The second-order valence-electron chi connectivity index (χ2n) is 9.30. The molecular weight excluding hydrogens is 464 g/mol. The molecule has 1 aliphatic carbocycles. The van der Waals surface area contributed by atoms with Crippen molar-refractivity contribution >= 4 is 34.4 Å². The number of fused-ring (bicyclic) bond motifs is 1. The van der Waals surface area contributed by atoms with Crippen molar-refractivity contribution in [1.29, 1.82) is 0 Å². The van der Waals surface area contributed by atoms with E-state index in [1.165, 1.54) is 10.6 Å². The summed E-state index contributed by atoms with van der Waals surface area (Å²) in [5.41, 5.74) is 5.14. The maximum Gasteiger partial charge on any atom is 0.330 e. The first kappa shape index (κ1) is 24.8. The van der Waals surface area contributed by atoms with E-state index >= 15 is 0 Å². The molecule has 3 amide bonds. The Bertz CT molecular complexity index is 1470. The van der Waals surface area contributed by atoms with E-state index in [1.54, 1.807) is 24.3 Å². The topological polar surface area (TPSA) is 169 Å². The number of carbonyl (C=O) groups is 3. The van der Waals surface area contributed by atoms with Gasteiger partial charge < -0.3 is 16.4 Å². The monoisotopic (exact) mass is 492 g/mol. The highest BCUT2D eigenvalue weighted by molar-refractivity contribution is 6.14. The molecule has 0 spiro atoms. The molecule has 1 saturated carbocycles. The summed E-state index contributed by atoms with van der Waals surface area (Å²) < 4.78 is 1.39. The van der Waals surface area contributed by atoms with Gasteiger partial charge in [-0.2, -0.15) is 0 Å². The molecule has 188 valence electrons. The van der Waals surface area contributed by atoms with Crippen molar-refractivity contribution in [1.82, 2.24) is 19.9 Å². The average Bonchev–Trinajstić information content (AvgIpc) is 3.66. The highest BCUT2D eigenvalue weighted by Crippen LogP contribution is 2.40. The van der Waals surface area contributed by atoms with Gasteiger partial charge in [0.1, 0.15) is 0 Å². The number of pyridine rings is 1. The Hall–Kier alpha value is -4.28. The number of primary amides is 1. The fraction of sp³-hybridized carbons (Fsp3) is 0.360. The Balaban J connectivity index is 1.76. The number of H-pyrrole nitrogens is 1. The van der Waals surface area contributed by atoms with E-state index in [9.17, 15) is 24.0 Å². The molecule has 2 aromatic heterocycles. The second-order valence-corrected chi connectivity index (χ2v) is 9.30. The highest BCUT2D eigenvalue weighted by Gasteiger charge is 2.29. The van der Waals surface area contributed by atoms with Crippen LogP contribution in [0, 0.1) is 5.92 Å². The number of nitrogens with one attached hydrogen (secondary N) is 3. The molecule has 0 bridgehead atoms. The van der Waals surface area contributed by atoms with E-state index in [0.29, 0.717) is 12.2 Å². The first-order valence-electron chi connectivity index (χ1n) is 11.8. The molecule has 0 radical (unpaired) electrons. The molecule has 1 aromatic carbocycles. The van der Waals surface area contributed by atoms with Crippen LogP contribution in [0.1, 0.15) is 65.4 Å². The molecule has 11 heteroatoms. The molecule has 0 saturated heterocycles. The highest BCUT2D eigenvalue weighted by atomic mass is 16.2. The van der Waals surface area contributed by atoms with Crippen molar-refractivity contribution in [2.45, 2.75) is 45.6 Å². The zero-order chi connectivity index (χ0) is 26.0. The van der Waals surface area contributed by atoms with E-state index in [1.807, 2.05) is 13.8 Å². The summed E-state index contributed by atoms with van der Waals surface area (Å²) in [5.74, 6) is -1.39. The third-order valence-electron chi connectivity index (χ3n) is 5.83. The van der Waals surface area contributed by atoms with E-state index in [2.05, 4.69) is 20.6 Å². The van der Waals surface area contributed by atoms with Crippen LogP contribution in [0.25, 0.3) is 11.0 Å². The number of aromatic nitrogens is 3. The van der Waals surface area contributed by atoms with Crippen LogP contribution in [0.3, 0.4) is 0 Å². The summed E-state index contributed by atoms with van der Waals surface area (Å²) in [5, 5.41) is 5.34. The van der Waals surface area contributed by atoms with Gasteiger partial charge in [-0.05, 0) is 37.0 Å². The van der Waals surface area contributed by atoms with Crippen LogP contribution >= 0.6 is 0 Å². The van der Waals surface area contributed by atoms with Gasteiger partial charge in [0.15, 0.2) is 5.65 Å². The van der Waals surface area contributed by atoms with Gasteiger partial charge in [-0.15, -0.1) is 0 Å². The lowest BCUT2D eigenvalue weighted by atomic mass is 10.1. The van der Waals surface area contributed by atoms with Crippen LogP contribution in [-0.4, -0.2) is 38.8 Å². The number of rotatable bonds is 9. The first-order chi connectivity index (χ1) is 17.2. The van der Waals surface area contributed by atoms with Crippen molar-refractivity contribution in [2.24, 2.45) is 11.7 Å². The number of hydrogen-bond acceptors (Lipinski definition) is 6. The zero-order valence-electron chi connectivity index (χ0n) is 20.1. The van der Waals surface area contributed by atoms with Crippen molar-refractivity contribution in [3.63, 3.8) is 0 Å². The first-order valence-corrected chi connectivity index (χ1v) is 11.8. The van der Waals surface area contributed by atoms with Crippen LogP contribution in [0.5, 0.6) is 0 Å². The van der Waals surface area contributed by atoms with Crippen LogP contribution < -0.4 is 27.6 Å². The van der Waals surface area contributed by atoms with Gasteiger partial charge in [-0.1, -0.05) is 26.0 Å². The molecule has 0 aliphatic heterocycles. The van der Waals surface area contributed by atoms with Gasteiger partial charge in [0.25, 0.3) is 17.4 Å². The molecule has 36 heavy (non-hydrogen) atoms. The molecular formula is C25H28N6O5. The van der Waals surface area contributed by atoms with Crippen LogP contribution in [0.15, 0.2) is 39.9 Å². The molecule has 2 heterocycles. The summed E-state index contributed by atoms with van der Waals surface area (Å²) in [6.45, 7) is 4.25. The Morgan fingerprint density at radius 3 is 2.53 bits per heavy atom. The SMILES string of the molecule is CC(C)Cn1c(=O)[nH]c(=O)c2c(C(=O)Nc3ccccc3C(=O)NCCC(N)=O)cc(C3CC3)nc21. The quantitative estimate of drug-likeness (QED) is 0.353. The van der Waals surface area contributed by atoms with E-state index in [0.717, 1.165) is 12.8 Å². The summed E-state index contributed by atoms with van der Waals surface area (Å²) >= 11 is 0. The molecule has 1 fully saturated rings.